The molecule has 2 heterocycles. The highest BCUT2D eigenvalue weighted by Crippen LogP contribution is 2.27. The molecule has 3 rings (SSSR count). The molecule has 0 N–H and O–H groups in total. The number of ether oxygens (including phenoxy) is 3. The number of aromatic nitrogens is 1. The van der Waals surface area contributed by atoms with Gasteiger partial charge in [0.05, 0.1) is 18.7 Å². The van der Waals surface area contributed by atoms with Crippen molar-refractivity contribution in [1.29, 1.82) is 0 Å². The summed E-state index contributed by atoms with van der Waals surface area (Å²) in [7, 11) is 3.00. The number of aryl methyl sites for hydroxylation is 1. The number of rotatable bonds is 5. The van der Waals surface area contributed by atoms with E-state index in [1.807, 2.05) is 25.1 Å². The molecule has 0 atom stereocenters. The lowest BCUT2D eigenvalue weighted by Crippen LogP contribution is -2.42. The van der Waals surface area contributed by atoms with Crippen molar-refractivity contribution in [3.8, 4) is 5.75 Å². The number of hydrogen-bond donors (Lipinski definition) is 0. The molecule has 2 aromatic rings. The number of amides is 1. The number of pyridine rings is 1. The first-order valence-corrected chi connectivity index (χ1v) is 8.95. The lowest BCUT2D eigenvalue weighted by molar-refractivity contribution is -0.135. The maximum absolute atomic E-state index is 12.5. The number of methoxy groups -OCH3 is 2. The molecular weight excluding hydrogens is 348 g/mol. The molecular formula is C20H24N2O5. The number of likely N-dealkylation sites (tertiary alicyclic amines) is 1. The van der Waals surface area contributed by atoms with Crippen LogP contribution < -0.4 is 4.74 Å². The Labute approximate surface area is 158 Å². The molecule has 1 amide bonds. The predicted molar refractivity (Wildman–Crippen MR) is 99.9 cm³/mol. The number of carbonyl (C=O) groups excluding carboxylic acids is 2. The van der Waals surface area contributed by atoms with E-state index in [1.54, 1.807) is 12.0 Å². The van der Waals surface area contributed by atoms with Gasteiger partial charge in [-0.3, -0.25) is 4.79 Å². The van der Waals surface area contributed by atoms with Gasteiger partial charge in [0.2, 0.25) is 0 Å². The van der Waals surface area contributed by atoms with E-state index in [9.17, 15) is 9.59 Å². The second kappa shape index (κ2) is 8.35. The minimum absolute atomic E-state index is 0.0822. The Balaban J connectivity index is 1.77. The molecule has 1 saturated heterocycles. The zero-order valence-corrected chi connectivity index (χ0v) is 15.9. The van der Waals surface area contributed by atoms with Crippen LogP contribution >= 0.6 is 0 Å². The van der Waals surface area contributed by atoms with Gasteiger partial charge in [-0.2, -0.15) is 0 Å². The van der Waals surface area contributed by atoms with Crippen molar-refractivity contribution in [3.63, 3.8) is 0 Å². The number of hydrogen-bond acceptors (Lipinski definition) is 6. The van der Waals surface area contributed by atoms with Crippen LogP contribution in [-0.4, -0.2) is 61.8 Å². The summed E-state index contributed by atoms with van der Waals surface area (Å²) in [4.78, 5) is 30.5. The van der Waals surface area contributed by atoms with E-state index < -0.39 is 5.97 Å². The topological polar surface area (TPSA) is 78.0 Å². The predicted octanol–water partition coefficient (Wildman–Crippen LogP) is 2.35. The average Bonchev–Trinajstić information content (AvgIpc) is 2.70. The van der Waals surface area contributed by atoms with Gasteiger partial charge in [0.1, 0.15) is 5.75 Å². The van der Waals surface area contributed by atoms with Gasteiger partial charge in [0, 0.05) is 31.7 Å². The Morgan fingerprint density at radius 2 is 1.93 bits per heavy atom. The molecule has 7 nitrogen and oxygen atoms in total. The standard InChI is InChI=1S/C20H24N2O5/c1-13-4-5-15-16(10-13)21-17(20(24)26-3)11-18(15)27-12-19(23)22-8-6-14(25-2)7-9-22/h4-5,10-11,14H,6-9,12H2,1-3H3. The van der Waals surface area contributed by atoms with Gasteiger partial charge in [-0.15, -0.1) is 0 Å². The molecule has 0 saturated carbocycles. The highest BCUT2D eigenvalue weighted by molar-refractivity contribution is 5.94. The van der Waals surface area contributed by atoms with Gasteiger partial charge in [-0.1, -0.05) is 6.07 Å². The fourth-order valence-corrected chi connectivity index (χ4v) is 3.21. The maximum atomic E-state index is 12.5. The minimum Gasteiger partial charge on any atom is -0.483 e. The quantitative estimate of drug-likeness (QED) is 0.750. The van der Waals surface area contributed by atoms with Crippen LogP contribution in [0.4, 0.5) is 0 Å². The number of fused-ring (bicyclic) bond motifs is 1. The summed E-state index contributed by atoms with van der Waals surface area (Å²) in [6.07, 6.45) is 1.86. The van der Waals surface area contributed by atoms with Crippen LogP contribution in [-0.2, 0) is 14.3 Å². The van der Waals surface area contributed by atoms with Crippen LogP contribution in [0.3, 0.4) is 0 Å². The van der Waals surface area contributed by atoms with E-state index in [2.05, 4.69) is 4.98 Å². The molecule has 0 aliphatic carbocycles. The molecule has 0 radical (unpaired) electrons. The van der Waals surface area contributed by atoms with Crippen molar-refractivity contribution in [3.05, 3.63) is 35.5 Å². The zero-order chi connectivity index (χ0) is 19.4. The molecule has 7 heteroatoms. The van der Waals surface area contributed by atoms with E-state index in [0.717, 1.165) is 23.8 Å². The summed E-state index contributed by atoms with van der Waals surface area (Å²) in [5.41, 5.74) is 1.79. The highest BCUT2D eigenvalue weighted by Gasteiger charge is 2.23. The Morgan fingerprint density at radius 1 is 1.19 bits per heavy atom. The molecule has 1 aromatic heterocycles. The molecule has 0 bridgehead atoms. The normalized spacial score (nSPS) is 15.0. The van der Waals surface area contributed by atoms with E-state index in [4.69, 9.17) is 14.2 Å². The number of carbonyl (C=O) groups is 2. The Kier molecular flexibility index (Phi) is 5.91. The van der Waals surface area contributed by atoms with Crippen molar-refractivity contribution in [2.45, 2.75) is 25.9 Å². The molecule has 1 aromatic carbocycles. The third-order valence-corrected chi connectivity index (χ3v) is 4.80. The minimum atomic E-state index is -0.545. The van der Waals surface area contributed by atoms with Crippen LogP contribution in [0.25, 0.3) is 10.9 Å². The Bertz CT molecular complexity index is 844. The van der Waals surface area contributed by atoms with Crippen LogP contribution in [0.15, 0.2) is 24.3 Å². The molecule has 1 fully saturated rings. The summed E-state index contributed by atoms with van der Waals surface area (Å²) in [6, 6.07) is 7.20. The summed E-state index contributed by atoms with van der Waals surface area (Å²) in [5, 5.41) is 0.749. The molecule has 1 aliphatic heterocycles. The third-order valence-electron chi connectivity index (χ3n) is 4.80. The smallest absolute Gasteiger partial charge is 0.356 e. The molecule has 0 spiro atoms. The van der Waals surface area contributed by atoms with E-state index in [-0.39, 0.29) is 24.3 Å². The van der Waals surface area contributed by atoms with Crippen LogP contribution in [0.2, 0.25) is 0 Å². The molecule has 1 aliphatic rings. The first kappa shape index (κ1) is 19.1. The van der Waals surface area contributed by atoms with Gasteiger partial charge in [-0.05, 0) is 37.5 Å². The third kappa shape index (κ3) is 4.36. The van der Waals surface area contributed by atoms with Crippen LogP contribution in [0.1, 0.15) is 28.9 Å². The van der Waals surface area contributed by atoms with Gasteiger partial charge >= 0.3 is 5.97 Å². The SMILES string of the molecule is COC(=O)c1cc(OCC(=O)N2CCC(OC)CC2)c2ccc(C)cc2n1. The molecule has 27 heavy (non-hydrogen) atoms. The monoisotopic (exact) mass is 372 g/mol. The van der Waals surface area contributed by atoms with Crippen molar-refractivity contribution >= 4 is 22.8 Å². The summed E-state index contributed by atoms with van der Waals surface area (Å²) < 4.78 is 15.9. The summed E-state index contributed by atoms with van der Waals surface area (Å²) in [5.74, 6) is -0.182. The fourth-order valence-electron chi connectivity index (χ4n) is 3.21. The molecule has 0 unspecified atom stereocenters. The van der Waals surface area contributed by atoms with Crippen molar-refractivity contribution in [2.75, 3.05) is 33.9 Å². The Morgan fingerprint density at radius 3 is 2.59 bits per heavy atom. The second-order valence-electron chi connectivity index (χ2n) is 6.62. The maximum Gasteiger partial charge on any atom is 0.356 e. The Hall–Kier alpha value is -2.67. The average molecular weight is 372 g/mol. The van der Waals surface area contributed by atoms with E-state index in [1.165, 1.54) is 13.2 Å². The lowest BCUT2D eigenvalue weighted by atomic mass is 10.1. The van der Waals surface area contributed by atoms with E-state index >= 15 is 0 Å². The van der Waals surface area contributed by atoms with Crippen LogP contribution in [0, 0.1) is 6.92 Å². The zero-order valence-electron chi connectivity index (χ0n) is 15.9. The fraction of sp³-hybridized carbons (Fsp3) is 0.450. The van der Waals surface area contributed by atoms with Gasteiger partial charge in [-0.25, -0.2) is 9.78 Å². The molecule has 144 valence electrons. The number of benzene rings is 1. The summed E-state index contributed by atoms with van der Waals surface area (Å²) in [6.45, 7) is 3.17. The number of esters is 1. The van der Waals surface area contributed by atoms with Crippen molar-refractivity contribution < 1.29 is 23.8 Å². The van der Waals surface area contributed by atoms with Crippen LogP contribution in [0.5, 0.6) is 5.75 Å². The highest BCUT2D eigenvalue weighted by atomic mass is 16.5. The second-order valence-corrected chi connectivity index (χ2v) is 6.62. The van der Waals surface area contributed by atoms with Crippen molar-refractivity contribution in [1.82, 2.24) is 9.88 Å². The first-order chi connectivity index (χ1) is 13.0. The lowest BCUT2D eigenvalue weighted by Gasteiger charge is -2.31. The largest absolute Gasteiger partial charge is 0.483 e. The van der Waals surface area contributed by atoms with Crippen molar-refractivity contribution in [2.24, 2.45) is 0 Å². The number of nitrogens with zero attached hydrogens (tertiary/aromatic N) is 2. The number of piperidine rings is 1. The van der Waals surface area contributed by atoms with Gasteiger partial charge in [0.15, 0.2) is 12.3 Å². The van der Waals surface area contributed by atoms with Gasteiger partial charge < -0.3 is 19.1 Å². The first-order valence-electron chi connectivity index (χ1n) is 8.95. The summed E-state index contributed by atoms with van der Waals surface area (Å²) >= 11 is 0. The van der Waals surface area contributed by atoms with E-state index in [0.29, 0.717) is 24.4 Å². The van der Waals surface area contributed by atoms with Gasteiger partial charge in [0.25, 0.3) is 5.91 Å².